The molecule has 65 valence electrons. The summed E-state index contributed by atoms with van der Waals surface area (Å²) in [5.74, 6) is -1.74. The first-order valence-electron chi connectivity index (χ1n) is 3.46. The van der Waals surface area contributed by atoms with E-state index in [1.807, 2.05) is 0 Å². The van der Waals surface area contributed by atoms with Gasteiger partial charge in [0.25, 0.3) is 0 Å². The number of rotatable bonds is 2. The van der Waals surface area contributed by atoms with Gasteiger partial charge in [-0.3, -0.25) is 0 Å². The van der Waals surface area contributed by atoms with Crippen molar-refractivity contribution in [2.24, 2.45) is 0 Å². The monoisotopic (exact) mass is 171 g/mol. The second-order valence-corrected chi connectivity index (χ2v) is 2.40. The molecular formula is C9H9F2O. The molecule has 0 spiro atoms. The summed E-state index contributed by atoms with van der Waals surface area (Å²) in [5.41, 5.74) is 0.524. The van der Waals surface area contributed by atoms with Crippen molar-refractivity contribution in [3.8, 4) is 0 Å². The molecule has 0 fully saturated rings. The SMILES string of the molecule is [CH2]C(OC)c1ccc(F)c(F)c1. The summed E-state index contributed by atoms with van der Waals surface area (Å²) in [6, 6.07) is 3.58. The summed E-state index contributed by atoms with van der Waals surface area (Å²) in [5, 5.41) is 0. The van der Waals surface area contributed by atoms with Gasteiger partial charge in [-0.05, 0) is 24.6 Å². The molecule has 0 N–H and O–H groups in total. The van der Waals surface area contributed by atoms with Crippen LogP contribution in [0.3, 0.4) is 0 Å². The van der Waals surface area contributed by atoms with E-state index in [0.29, 0.717) is 5.56 Å². The fourth-order valence-electron chi connectivity index (χ4n) is 0.849. The molecule has 0 saturated heterocycles. The van der Waals surface area contributed by atoms with Gasteiger partial charge >= 0.3 is 0 Å². The Morgan fingerprint density at radius 1 is 1.33 bits per heavy atom. The van der Waals surface area contributed by atoms with Crippen LogP contribution in [0, 0.1) is 18.6 Å². The Morgan fingerprint density at radius 3 is 2.50 bits per heavy atom. The molecule has 0 saturated carbocycles. The maximum absolute atomic E-state index is 12.6. The second-order valence-electron chi connectivity index (χ2n) is 2.40. The number of ether oxygens (including phenoxy) is 1. The van der Waals surface area contributed by atoms with Gasteiger partial charge in [0.1, 0.15) is 0 Å². The maximum atomic E-state index is 12.6. The lowest BCUT2D eigenvalue weighted by Gasteiger charge is -2.08. The highest BCUT2D eigenvalue weighted by Crippen LogP contribution is 2.17. The van der Waals surface area contributed by atoms with Gasteiger partial charge < -0.3 is 4.74 Å². The highest BCUT2D eigenvalue weighted by atomic mass is 19.2. The average Bonchev–Trinajstić information content (AvgIpc) is 2.08. The van der Waals surface area contributed by atoms with Crippen LogP contribution in [0.2, 0.25) is 0 Å². The highest BCUT2D eigenvalue weighted by molar-refractivity contribution is 5.20. The molecule has 1 rings (SSSR count). The van der Waals surface area contributed by atoms with E-state index in [0.717, 1.165) is 12.1 Å². The predicted molar refractivity (Wildman–Crippen MR) is 41.5 cm³/mol. The van der Waals surface area contributed by atoms with E-state index in [4.69, 9.17) is 4.74 Å². The van der Waals surface area contributed by atoms with Crippen molar-refractivity contribution >= 4 is 0 Å². The normalized spacial score (nSPS) is 13.0. The Kier molecular flexibility index (Phi) is 2.76. The van der Waals surface area contributed by atoms with Crippen LogP contribution in [0.5, 0.6) is 0 Å². The van der Waals surface area contributed by atoms with Crippen molar-refractivity contribution in [1.82, 2.24) is 0 Å². The van der Waals surface area contributed by atoms with Gasteiger partial charge in [-0.25, -0.2) is 8.78 Å². The highest BCUT2D eigenvalue weighted by Gasteiger charge is 2.07. The molecule has 0 aliphatic rings. The third-order valence-corrected chi connectivity index (χ3v) is 1.60. The zero-order chi connectivity index (χ0) is 9.14. The number of methoxy groups -OCH3 is 1. The predicted octanol–water partition coefficient (Wildman–Crippen LogP) is 2.49. The van der Waals surface area contributed by atoms with E-state index in [1.54, 1.807) is 0 Å². The zero-order valence-electron chi connectivity index (χ0n) is 6.68. The summed E-state index contributed by atoms with van der Waals surface area (Å²) >= 11 is 0. The van der Waals surface area contributed by atoms with Gasteiger partial charge in [0.05, 0.1) is 6.10 Å². The Labute approximate surface area is 70.0 Å². The molecular weight excluding hydrogens is 162 g/mol. The smallest absolute Gasteiger partial charge is 0.159 e. The lowest BCUT2D eigenvalue weighted by atomic mass is 10.1. The van der Waals surface area contributed by atoms with Gasteiger partial charge in [-0.1, -0.05) is 6.07 Å². The summed E-state index contributed by atoms with van der Waals surface area (Å²) in [7, 11) is 1.46. The topological polar surface area (TPSA) is 9.23 Å². The molecule has 1 radical (unpaired) electrons. The molecule has 12 heavy (non-hydrogen) atoms. The largest absolute Gasteiger partial charge is 0.377 e. The van der Waals surface area contributed by atoms with Crippen LogP contribution >= 0.6 is 0 Å². The first-order chi connectivity index (χ1) is 5.65. The van der Waals surface area contributed by atoms with Crippen LogP contribution in [-0.2, 0) is 4.74 Å². The van der Waals surface area contributed by atoms with E-state index in [-0.39, 0.29) is 0 Å². The molecule has 0 heterocycles. The van der Waals surface area contributed by atoms with Gasteiger partial charge in [-0.2, -0.15) is 0 Å². The van der Waals surface area contributed by atoms with Crippen molar-refractivity contribution in [2.75, 3.05) is 7.11 Å². The number of benzene rings is 1. The van der Waals surface area contributed by atoms with Crippen LogP contribution in [-0.4, -0.2) is 7.11 Å². The third-order valence-electron chi connectivity index (χ3n) is 1.60. The summed E-state index contributed by atoms with van der Waals surface area (Å²) in [6.07, 6.45) is -0.458. The molecule has 0 aromatic heterocycles. The van der Waals surface area contributed by atoms with Gasteiger partial charge in [-0.15, -0.1) is 0 Å². The van der Waals surface area contributed by atoms with Crippen molar-refractivity contribution < 1.29 is 13.5 Å². The minimum absolute atomic E-state index is 0.458. The molecule has 0 aliphatic heterocycles. The Morgan fingerprint density at radius 2 is 2.00 bits per heavy atom. The van der Waals surface area contributed by atoms with Crippen LogP contribution < -0.4 is 0 Å². The van der Waals surface area contributed by atoms with Crippen LogP contribution in [0.25, 0.3) is 0 Å². The minimum Gasteiger partial charge on any atom is -0.377 e. The maximum Gasteiger partial charge on any atom is 0.159 e. The fraction of sp³-hybridized carbons (Fsp3) is 0.222. The number of hydrogen-bond donors (Lipinski definition) is 0. The Hall–Kier alpha value is -0.960. The van der Waals surface area contributed by atoms with Crippen LogP contribution in [0.4, 0.5) is 8.78 Å². The second kappa shape index (κ2) is 3.63. The summed E-state index contributed by atoms with van der Waals surface area (Å²) in [4.78, 5) is 0. The van der Waals surface area contributed by atoms with Crippen molar-refractivity contribution in [2.45, 2.75) is 6.10 Å². The third kappa shape index (κ3) is 1.80. The lowest BCUT2D eigenvalue weighted by Crippen LogP contribution is -1.97. The van der Waals surface area contributed by atoms with Gasteiger partial charge in [0.2, 0.25) is 0 Å². The van der Waals surface area contributed by atoms with Crippen molar-refractivity contribution in [1.29, 1.82) is 0 Å². The quantitative estimate of drug-likeness (QED) is 0.664. The Balaban J connectivity index is 2.96. The number of halogens is 2. The standard InChI is InChI=1S/C9H9F2O/c1-6(12-2)7-3-4-8(10)9(11)5-7/h3-6H,1H2,2H3. The van der Waals surface area contributed by atoms with Crippen molar-refractivity contribution in [3.63, 3.8) is 0 Å². The zero-order valence-corrected chi connectivity index (χ0v) is 6.68. The molecule has 3 heteroatoms. The molecule has 1 atom stereocenters. The summed E-state index contributed by atoms with van der Waals surface area (Å²) < 4.78 is 29.9. The van der Waals surface area contributed by atoms with Gasteiger partial charge in [0, 0.05) is 7.11 Å². The van der Waals surface area contributed by atoms with E-state index >= 15 is 0 Å². The average molecular weight is 171 g/mol. The Bertz CT molecular complexity index is 273. The van der Waals surface area contributed by atoms with Crippen LogP contribution in [0.15, 0.2) is 18.2 Å². The molecule has 1 aromatic rings. The van der Waals surface area contributed by atoms with Crippen molar-refractivity contribution in [3.05, 3.63) is 42.3 Å². The summed E-state index contributed by atoms with van der Waals surface area (Å²) in [6.45, 7) is 3.59. The first-order valence-corrected chi connectivity index (χ1v) is 3.46. The molecule has 0 aliphatic carbocycles. The molecule has 1 unspecified atom stereocenters. The van der Waals surface area contributed by atoms with E-state index in [2.05, 4.69) is 6.92 Å². The van der Waals surface area contributed by atoms with E-state index in [1.165, 1.54) is 13.2 Å². The molecule has 0 amide bonds. The first kappa shape index (κ1) is 9.13. The fourth-order valence-corrected chi connectivity index (χ4v) is 0.849. The van der Waals surface area contributed by atoms with E-state index < -0.39 is 17.7 Å². The molecule has 1 nitrogen and oxygen atoms in total. The number of hydrogen-bond acceptors (Lipinski definition) is 1. The van der Waals surface area contributed by atoms with Gasteiger partial charge in [0.15, 0.2) is 11.6 Å². The van der Waals surface area contributed by atoms with Crippen LogP contribution in [0.1, 0.15) is 11.7 Å². The van der Waals surface area contributed by atoms with E-state index in [9.17, 15) is 8.78 Å². The molecule has 0 bridgehead atoms. The lowest BCUT2D eigenvalue weighted by molar-refractivity contribution is 0.140. The molecule has 1 aromatic carbocycles. The minimum atomic E-state index is -0.877.